The van der Waals surface area contributed by atoms with Gasteiger partial charge < -0.3 is 4.74 Å². The number of benzene rings is 3. The molecule has 6 rings (SSSR count). The Balaban J connectivity index is 1.62. The second kappa shape index (κ2) is 8.21. The van der Waals surface area contributed by atoms with Gasteiger partial charge in [0.25, 0.3) is 0 Å². The van der Waals surface area contributed by atoms with Crippen LogP contribution in [0.15, 0.2) is 66.7 Å². The molecule has 0 bridgehead atoms. The predicted octanol–water partition coefficient (Wildman–Crippen LogP) is 5.04. The largest absolute Gasteiger partial charge is 0.462 e. The van der Waals surface area contributed by atoms with E-state index in [4.69, 9.17) is 14.7 Å². The number of likely N-dealkylation sites (N-methyl/N-ethyl adjacent to an activating group) is 1. The van der Waals surface area contributed by atoms with E-state index in [-0.39, 0.29) is 18.3 Å². The number of nitrogens with zero attached hydrogens (tertiary/aromatic N) is 4. The van der Waals surface area contributed by atoms with Gasteiger partial charge >= 0.3 is 5.97 Å². The Bertz CT molecular complexity index is 1560. The topological polar surface area (TPSA) is 79.1 Å². The molecule has 1 aromatic heterocycles. The number of carbonyl (C=O) groups excluding carboxylic acids is 1. The first-order valence-electron chi connectivity index (χ1n) is 11.9. The number of likely N-dealkylation sites (tertiary alicyclic amines) is 1. The average molecular weight is 479 g/mol. The monoisotopic (exact) mass is 478 g/mol. The van der Waals surface area contributed by atoms with Crippen LogP contribution in [0.4, 0.5) is 4.39 Å². The zero-order valence-corrected chi connectivity index (χ0v) is 19.9. The third-order valence-corrected chi connectivity index (χ3v) is 7.49. The van der Waals surface area contributed by atoms with Crippen molar-refractivity contribution in [1.82, 2.24) is 14.9 Å². The maximum Gasteiger partial charge on any atom is 0.338 e. The fourth-order valence-corrected chi connectivity index (χ4v) is 5.96. The van der Waals surface area contributed by atoms with E-state index >= 15 is 0 Å². The van der Waals surface area contributed by atoms with Crippen molar-refractivity contribution in [3.8, 4) is 17.3 Å². The fraction of sp³-hybridized carbons (Fsp3) is 0.241. The Kier molecular flexibility index (Phi) is 5.09. The first-order chi connectivity index (χ1) is 17.5. The molecular weight excluding hydrogens is 455 g/mol. The number of nitriles is 1. The van der Waals surface area contributed by atoms with Gasteiger partial charge in [0, 0.05) is 18.0 Å². The summed E-state index contributed by atoms with van der Waals surface area (Å²) in [6, 6.07) is 22.1. The van der Waals surface area contributed by atoms with Crippen LogP contribution >= 0.6 is 0 Å². The van der Waals surface area contributed by atoms with Crippen LogP contribution < -0.4 is 0 Å². The molecule has 3 atom stereocenters. The Hall–Kier alpha value is -4.15. The van der Waals surface area contributed by atoms with Gasteiger partial charge in [-0.15, -0.1) is 0 Å². The second-order valence-electron chi connectivity index (χ2n) is 9.30. The number of hydrogen-bond donors (Lipinski definition) is 0. The highest BCUT2D eigenvalue weighted by molar-refractivity contribution is 5.93. The van der Waals surface area contributed by atoms with Gasteiger partial charge in [0.15, 0.2) is 0 Å². The van der Waals surface area contributed by atoms with Crippen LogP contribution in [0.5, 0.6) is 0 Å². The van der Waals surface area contributed by atoms with Crippen molar-refractivity contribution in [3.63, 3.8) is 0 Å². The smallest absolute Gasteiger partial charge is 0.338 e. The molecule has 36 heavy (non-hydrogen) atoms. The van der Waals surface area contributed by atoms with E-state index in [0.29, 0.717) is 23.5 Å². The maximum atomic E-state index is 13.7. The summed E-state index contributed by atoms with van der Waals surface area (Å²) in [5, 5.41) is 10.6. The summed E-state index contributed by atoms with van der Waals surface area (Å²) in [6.45, 7) is 2.63. The molecule has 0 amide bonds. The number of fused-ring (bicyclic) bond motifs is 6. The molecule has 0 N–H and O–H groups in total. The van der Waals surface area contributed by atoms with Crippen molar-refractivity contribution in [2.75, 3.05) is 20.2 Å². The molecule has 0 unspecified atom stereocenters. The first-order valence-corrected chi connectivity index (χ1v) is 11.9. The van der Waals surface area contributed by atoms with Crippen LogP contribution in [0.3, 0.4) is 0 Å². The van der Waals surface area contributed by atoms with Crippen molar-refractivity contribution in [2.45, 2.75) is 18.4 Å². The molecule has 1 aliphatic carbocycles. The SMILES string of the molecule is CCOC(=O)c1ccc2c(c1)-c1nc3ccccc3nc1[C@]21[C@H](C#N)[C@H](c2ccc(F)cc2)CN1C. The van der Waals surface area contributed by atoms with E-state index in [1.807, 2.05) is 37.4 Å². The maximum absolute atomic E-state index is 13.7. The molecule has 1 spiro atoms. The Labute approximate surface area is 208 Å². The van der Waals surface area contributed by atoms with E-state index in [2.05, 4.69) is 11.0 Å². The summed E-state index contributed by atoms with van der Waals surface area (Å²) in [4.78, 5) is 24.8. The van der Waals surface area contributed by atoms with Gasteiger partial charge in [0.2, 0.25) is 0 Å². The lowest BCUT2D eigenvalue weighted by atomic mass is 9.74. The Morgan fingerprint density at radius 2 is 1.86 bits per heavy atom. The van der Waals surface area contributed by atoms with Crippen molar-refractivity contribution in [2.24, 2.45) is 5.92 Å². The minimum atomic E-state index is -0.872. The molecule has 1 fully saturated rings. The van der Waals surface area contributed by atoms with E-state index in [0.717, 1.165) is 27.7 Å². The Morgan fingerprint density at radius 3 is 2.56 bits per heavy atom. The molecule has 2 aliphatic rings. The lowest BCUT2D eigenvalue weighted by molar-refractivity contribution is 0.0526. The van der Waals surface area contributed by atoms with Crippen molar-refractivity contribution < 1.29 is 13.9 Å². The number of rotatable bonds is 3. The number of carbonyl (C=O) groups is 1. The van der Waals surface area contributed by atoms with Crippen molar-refractivity contribution in [1.29, 1.82) is 5.26 Å². The van der Waals surface area contributed by atoms with Gasteiger partial charge in [0.05, 0.1) is 46.6 Å². The lowest BCUT2D eigenvalue weighted by Crippen LogP contribution is -2.43. The molecular formula is C29H23FN4O2. The molecule has 6 nitrogen and oxygen atoms in total. The van der Waals surface area contributed by atoms with Crippen LogP contribution in [-0.2, 0) is 10.3 Å². The summed E-state index contributed by atoms with van der Waals surface area (Å²) in [5.74, 6) is -1.40. The second-order valence-corrected chi connectivity index (χ2v) is 9.30. The molecule has 4 aromatic rings. The van der Waals surface area contributed by atoms with Crippen LogP contribution in [-0.4, -0.2) is 41.0 Å². The third kappa shape index (κ3) is 3.01. The first kappa shape index (κ1) is 22.3. The predicted molar refractivity (Wildman–Crippen MR) is 133 cm³/mol. The van der Waals surface area contributed by atoms with E-state index in [9.17, 15) is 14.4 Å². The van der Waals surface area contributed by atoms with Gasteiger partial charge in [-0.2, -0.15) is 5.26 Å². The average Bonchev–Trinajstić information content (AvgIpc) is 3.35. The van der Waals surface area contributed by atoms with Crippen LogP contribution in [0, 0.1) is 23.1 Å². The highest BCUT2D eigenvalue weighted by Crippen LogP contribution is 2.59. The minimum absolute atomic E-state index is 0.169. The summed E-state index contributed by atoms with van der Waals surface area (Å²) >= 11 is 0. The van der Waals surface area contributed by atoms with E-state index in [1.165, 1.54) is 12.1 Å². The van der Waals surface area contributed by atoms with Gasteiger partial charge in [0.1, 0.15) is 11.4 Å². The Morgan fingerprint density at radius 1 is 1.14 bits per heavy atom. The molecule has 178 valence electrons. The van der Waals surface area contributed by atoms with E-state index in [1.54, 1.807) is 31.2 Å². The quantitative estimate of drug-likeness (QED) is 0.384. The van der Waals surface area contributed by atoms with Gasteiger partial charge in [-0.3, -0.25) is 4.90 Å². The molecule has 0 saturated carbocycles. The summed E-state index contributed by atoms with van der Waals surface area (Å²) in [7, 11) is 1.99. The number of para-hydroxylation sites is 2. The van der Waals surface area contributed by atoms with Crippen LogP contribution in [0.1, 0.15) is 40.0 Å². The normalized spacial score (nSPS) is 22.4. The fourth-order valence-electron chi connectivity index (χ4n) is 5.96. The minimum Gasteiger partial charge on any atom is -0.462 e. The number of aromatic nitrogens is 2. The summed E-state index contributed by atoms with van der Waals surface area (Å²) < 4.78 is 18.9. The van der Waals surface area contributed by atoms with Crippen molar-refractivity contribution >= 4 is 17.0 Å². The highest BCUT2D eigenvalue weighted by Gasteiger charge is 2.61. The molecule has 0 radical (unpaired) electrons. The van der Waals surface area contributed by atoms with Gasteiger partial charge in [-0.1, -0.05) is 30.3 Å². The number of esters is 1. The number of halogens is 1. The standard InChI is InChI=1S/C29H23FN4O2/c1-3-36-28(35)18-10-13-22-20(14-18)26-27(33-25-7-5-4-6-24(25)32-26)29(22)23(15-31)21(16-34(29)2)17-8-11-19(30)12-9-17/h4-14,21,23H,3,16H2,1-2H3/t21-,23+,29+/m0/s1. The van der Waals surface area contributed by atoms with Gasteiger partial charge in [-0.25, -0.2) is 19.2 Å². The zero-order valence-electron chi connectivity index (χ0n) is 19.9. The van der Waals surface area contributed by atoms with Crippen LogP contribution in [0.2, 0.25) is 0 Å². The molecule has 7 heteroatoms. The molecule has 3 aromatic carbocycles. The van der Waals surface area contributed by atoms with E-state index < -0.39 is 17.4 Å². The molecule has 2 heterocycles. The molecule has 1 aliphatic heterocycles. The lowest BCUT2D eigenvalue weighted by Gasteiger charge is -2.36. The summed E-state index contributed by atoms with van der Waals surface area (Å²) in [5.41, 5.74) is 4.98. The van der Waals surface area contributed by atoms with Gasteiger partial charge in [-0.05, 0) is 61.5 Å². The third-order valence-electron chi connectivity index (χ3n) is 7.49. The number of hydrogen-bond acceptors (Lipinski definition) is 6. The highest BCUT2D eigenvalue weighted by atomic mass is 19.1. The summed E-state index contributed by atoms with van der Waals surface area (Å²) in [6.07, 6.45) is 0. The van der Waals surface area contributed by atoms with Crippen LogP contribution in [0.25, 0.3) is 22.3 Å². The van der Waals surface area contributed by atoms with Crippen molar-refractivity contribution in [3.05, 3.63) is 94.9 Å². The number of ether oxygens (including phenoxy) is 1. The zero-order chi connectivity index (χ0) is 25.0. The molecule has 1 saturated heterocycles.